The third-order valence-electron chi connectivity index (χ3n) is 4.14. The Labute approximate surface area is 124 Å². The third kappa shape index (κ3) is 3.20. The van der Waals surface area contributed by atoms with E-state index in [0.29, 0.717) is 25.6 Å². The third-order valence-corrected chi connectivity index (χ3v) is 6.00. The minimum Gasteiger partial charge on any atom is -0.494 e. The topological polar surface area (TPSA) is 72.6 Å². The summed E-state index contributed by atoms with van der Waals surface area (Å²) in [5, 5.41) is 0. The molecule has 0 amide bonds. The highest BCUT2D eigenvalue weighted by molar-refractivity contribution is 7.89. The van der Waals surface area contributed by atoms with Crippen molar-refractivity contribution in [1.82, 2.24) is 4.31 Å². The van der Waals surface area contributed by atoms with Crippen molar-refractivity contribution in [1.29, 1.82) is 0 Å². The zero-order chi connectivity index (χ0) is 15.6. The molecule has 0 aromatic heterocycles. The Balaban J connectivity index is 2.27. The van der Waals surface area contributed by atoms with Gasteiger partial charge in [0.2, 0.25) is 10.0 Å². The van der Waals surface area contributed by atoms with E-state index in [2.05, 4.69) is 6.92 Å². The van der Waals surface area contributed by atoms with Crippen LogP contribution in [0.3, 0.4) is 0 Å². The van der Waals surface area contributed by atoms with E-state index in [-0.39, 0.29) is 16.6 Å². The Morgan fingerprint density at radius 2 is 2.19 bits per heavy atom. The van der Waals surface area contributed by atoms with Crippen LogP contribution in [-0.2, 0) is 10.0 Å². The summed E-state index contributed by atoms with van der Waals surface area (Å²) in [6.45, 7) is 3.35. The molecule has 2 atom stereocenters. The number of piperidine rings is 1. The van der Waals surface area contributed by atoms with Gasteiger partial charge in [0.15, 0.2) is 11.6 Å². The van der Waals surface area contributed by atoms with E-state index < -0.39 is 15.8 Å². The molecule has 2 unspecified atom stereocenters. The Hall–Kier alpha value is -1.18. The molecule has 21 heavy (non-hydrogen) atoms. The van der Waals surface area contributed by atoms with Gasteiger partial charge in [0.25, 0.3) is 0 Å². The van der Waals surface area contributed by atoms with Gasteiger partial charge in [0.1, 0.15) is 0 Å². The lowest BCUT2D eigenvalue weighted by Gasteiger charge is -2.35. The predicted octanol–water partition coefficient (Wildman–Crippen LogP) is 1.44. The second-order valence-electron chi connectivity index (χ2n) is 5.42. The fourth-order valence-corrected chi connectivity index (χ4v) is 4.12. The molecule has 0 saturated carbocycles. The molecular formula is C14H21FN2O3S. The van der Waals surface area contributed by atoms with E-state index in [4.69, 9.17) is 10.5 Å². The normalized spacial score (nSPS) is 24.0. The molecule has 1 aliphatic rings. The number of rotatable bonds is 4. The Morgan fingerprint density at radius 1 is 1.48 bits per heavy atom. The molecule has 2 N–H and O–H groups in total. The minimum atomic E-state index is -3.69. The van der Waals surface area contributed by atoms with Crippen LogP contribution in [0.4, 0.5) is 4.39 Å². The minimum absolute atomic E-state index is 0.0288. The van der Waals surface area contributed by atoms with Crippen LogP contribution in [0.2, 0.25) is 0 Å². The number of methoxy groups -OCH3 is 1. The van der Waals surface area contributed by atoms with Crippen LogP contribution >= 0.6 is 0 Å². The van der Waals surface area contributed by atoms with Gasteiger partial charge in [0, 0.05) is 13.1 Å². The first-order valence-electron chi connectivity index (χ1n) is 6.94. The van der Waals surface area contributed by atoms with Gasteiger partial charge in [0.05, 0.1) is 12.0 Å². The molecule has 1 saturated heterocycles. The van der Waals surface area contributed by atoms with Crippen LogP contribution in [0.5, 0.6) is 5.75 Å². The Kier molecular flexibility index (Phi) is 4.85. The fourth-order valence-electron chi connectivity index (χ4n) is 2.60. The van der Waals surface area contributed by atoms with Gasteiger partial charge in [-0.05, 0) is 43.0 Å². The number of hydrogen-bond donors (Lipinski definition) is 1. The van der Waals surface area contributed by atoms with Crippen molar-refractivity contribution in [2.24, 2.45) is 17.6 Å². The molecule has 0 aliphatic carbocycles. The average Bonchev–Trinajstić information content (AvgIpc) is 2.47. The molecule has 1 fully saturated rings. The largest absolute Gasteiger partial charge is 0.494 e. The van der Waals surface area contributed by atoms with E-state index in [9.17, 15) is 12.8 Å². The molecule has 118 valence electrons. The molecule has 0 radical (unpaired) electrons. The number of hydrogen-bond acceptors (Lipinski definition) is 4. The molecule has 1 aromatic rings. The second-order valence-corrected chi connectivity index (χ2v) is 7.36. The van der Waals surface area contributed by atoms with Gasteiger partial charge in [-0.2, -0.15) is 4.31 Å². The summed E-state index contributed by atoms with van der Waals surface area (Å²) in [4.78, 5) is -0.0499. The van der Waals surface area contributed by atoms with Crippen molar-refractivity contribution in [3.8, 4) is 5.75 Å². The van der Waals surface area contributed by atoms with Crippen LogP contribution in [0.15, 0.2) is 23.1 Å². The van der Waals surface area contributed by atoms with Crippen LogP contribution in [0.25, 0.3) is 0 Å². The number of ether oxygens (including phenoxy) is 1. The van der Waals surface area contributed by atoms with E-state index >= 15 is 0 Å². The van der Waals surface area contributed by atoms with Crippen molar-refractivity contribution in [2.45, 2.75) is 18.2 Å². The maximum atomic E-state index is 13.7. The SMILES string of the molecule is COc1ccc(S(=O)(=O)N2CCC(C)C(CN)C2)cc1F. The molecule has 2 rings (SSSR count). The summed E-state index contributed by atoms with van der Waals surface area (Å²) >= 11 is 0. The summed E-state index contributed by atoms with van der Waals surface area (Å²) in [5.74, 6) is -0.119. The van der Waals surface area contributed by atoms with Gasteiger partial charge in [-0.15, -0.1) is 0 Å². The molecule has 0 spiro atoms. The standard InChI is InChI=1S/C14H21FN2O3S/c1-10-5-6-17(9-11(10)8-16)21(18,19)12-3-4-14(20-2)13(15)7-12/h3-4,7,10-11H,5-6,8-9,16H2,1-2H3. The highest BCUT2D eigenvalue weighted by atomic mass is 32.2. The number of sulfonamides is 1. The van der Waals surface area contributed by atoms with Gasteiger partial charge >= 0.3 is 0 Å². The van der Waals surface area contributed by atoms with E-state index in [1.165, 1.54) is 23.5 Å². The van der Waals surface area contributed by atoms with Gasteiger partial charge < -0.3 is 10.5 Å². The molecule has 7 heteroatoms. The maximum Gasteiger partial charge on any atom is 0.243 e. The maximum absolute atomic E-state index is 13.7. The molecule has 1 heterocycles. The zero-order valence-corrected chi connectivity index (χ0v) is 13.1. The van der Waals surface area contributed by atoms with Crippen LogP contribution in [0.1, 0.15) is 13.3 Å². The average molecular weight is 316 g/mol. The summed E-state index contributed by atoms with van der Waals surface area (Å²) < 4.78 is 45.1. The first-order chi connectivity index (χ1) is 9.90. The van der Waals surface area contributed by atoms with Crippen LogP contribution in [-0.4, -0.2) is 39.5 Å². The molecule has 1 aliphatic heterocycles. The summed E-state index contributed by atoms with van der Waals surface area (Å²) in [5.41, 5.74) is 5.70. The quantitative estimate of drug-likeness (QED) is 0.912. The number of nitrogens with two attached hydrogens (primary N) is 1. The van der Waals surface area contributed by atoms with Crippen molar-refractivity contribution in [3.05, 3.63) is 24.0 Å². The summed E-state index contributed by atoms with van der Waals surface area (Å²) in [6, 6.07) is 3.70. The van der Waals surface area contributed by atoms with Gasteiger partial charge in [-0.25, -0.2) is 12.8 Å². The summed E-state index contributed by atoms with van der Waals surface area (Å²) in [6.07, 6.45) is 0.764. The predicted molar refractivity (Wildman–Crippen MR) is 78.0 cm³/mol. The molecular weight excluding hydrogens is 295 g/mol. The molecule has 1 aromatic carbocycles. The van der Waals surface area contributed by atoms with E-state index in [0.717, 1.165) is 12.5 Å². The lowest BCUT2D eigenvalue weighted by atomic mass is 9.88. The van der Waals surface area contributed by atoms with Crippen LogP contribution < -0.4 is 10.5 Å². The van der Waals surface area contributed by atoms with E-state index in [1.54, 1.807) is 0 Å². The lowest BCUT2D eigenvalue weighted by Crippen LogP contribution is -2.45. The monoisotopic (exact) mass is 316 g/mol. The van der Waals surface area contributed by atoms with Crippen LogP contribution in [0, 0.1) is 17.7 Å². The molecule has 5 nitrogen and oxygen atoms in total. The first-order valence-corrected chi connectivity index (χ1v) is 8.38. The first kappa shape index (κ1) is 16.2. The number of benzene rings is 1. The van der Waals surface area contributed by atoms with Gasteiger partial charge in [-0.1, -0.05) is 6.92 Å². The van der Waals surface area contributed by atoms with Crippen molar-refractivity contribution >= 4 is 10.0 Å². The Bertz CT molecular complexity index is 606. The zero-order valence-electron chi connectivity index (χ0n) is 12.3. The van der Waals surface area contributed by atoms with E-state index in [1.807, 2.05) is 0 Å². The smallest absolute Gasteiger partial charge is 0.243 e. The van der Waals surface area contributed by atoms with Crippen molar-refractivity contribution in [3.63, 3.8) is 0 Å². The summed E-state index contributed by atoms with van der Waals surface area (Å²) in [7, 11) is -2.36. The van der Waals surface area contributed by atoms with Gasteiger partial charge in [-0.3, -0.25) is 0 Å². The number of nitrogens with zero attached hydrogens (tertiary/aromatic N) is 1. The van der Waals surface area contributed by atoms with Crippen molar-refractivity contribution in [2.75, 3.05) is 26.7 Å². The lowest BCUT2D eigenvalue weighted by molar-refractivity contribution is 0.203. The molecule has 0 bridgehead atoms. The van der Waals surface area contributed by atoms with Crippen molar-refractivity contribution < 1.29 is 17.5 Å². The second kappa shape index (κ2) is 6.29. The Morgan fingerprint density at radius 3 is 2.76 bits per heavy atom. The fraction of sp³-hybridized carbons (Fsp3) is 0.571. The highest BCUT2D eigenvalue weighted by Gasteiger charge is 2.33. The highest BCUT2D eigenvalue weighted by Crippen LogP contribution is 2.28. The number of halogens is 1.